The van der Waals surface area contributed by atoms with E-state index in [9.17, 15) is 19.5 Å². The van der Waals surface area contributed by atoms with Gasteiger partial charge in [-0.05, 0) is 20.8 Å². The maximum atomic E-state index is 12.9. The van der Waals surface area contributed by atoms with Crippen LogP contribution in [0, 0.1) is 6.92 Å². The zero-order chi connectivity index (χ0) is 20.5. The van der Waals surface area contributed by atoms with E-state index in [-0.39, 0.29) is 5.56 Å². The van der Waals surface area contributed by atoms with E-state index >= 15 is 0 Å². The average Bonchev–Trinajstić information content (AvgIpc) is 3.19. The molecule has 2 heterocycles. The maximum absolute atomic E-state index is 12.9. The Bertz CT molecular complexity index is 896. The summed E-state index contributed by atoms with van der Waals surface area (Å²) in [5.74, 6) is -1.18. The molecule has 9 heteroatoms. The Morgan fingerprint density at radius 3 is 2.61 bits per heavy atom. The van der Waals surface area contributed by atoms with E-state index < -0.39 is 34.1 Å². The first-order valence-corrected chi connectivity index (χ1v) is 9.57. The van der Waals surface area contributed by atoms with Crippen molar-refractivity contribution < 1.29 is 24.0 Å². The fraction of sp³-hybridized carbons (Fsp3) is 0.368. The van der Waals surface area contributed by atoms with Gasteiger partial charge in [0, 0.05) is 10.3 Å². The number of hydrogen-bond acceptors (Lipinski definition) is 7. The molecule has 1 aromatic carbocycles. The van der Waals surface area contributed by atoms with Crippen LogP contribution in [0.1, 0.15) is 30.0 Å². The summed E-state index contributed by atoms with van der Waals surface area (Å²) in [6.45, 7) is 5.19. The topological polar surface area (TPSA) is 122 Å². The van der Waals surface area contributed by atoms with Gasteiger partial charge in [-0.2, -0.15) is 0 Å². The lowest BCUT2D eigenvalue weighted by molar-refractivity contribution is -0.140. The molecule has 3 unspecified atom stereocenters. The van der Waals surface area contributed by atoms with Crippen molar-refractivity contribution in [2.45, 2.75) is 43.0 Å². The predicted octanol–water partition coefficient (Wildman–Crippen LogP) is 1.84. The number of nitrogens with one attached hydrogen (secondary N) is 2. The number of amides is 1. The average molecular weight is 403 g/mol. The number of carbonyl (C=O) groups excluding carboxylic acids is 2. The van der Waals surface area contributed by atoms with E-state index in [0.717, 1.165) is 0 Å². The van der Waals surface area contributed by atoms with Crippen molar-refractivity contribution in [1.82, 2.24) is 15.8 Å². The number of aliphatic carboxylic acids is 1. The van der Waals surface area contributed by atoms with Crippen molar-refractivity contribution in [3.05, 3.63) is 41.7 Å². The summed E-state index contributed by atoms with van der Waals surface area (Å²) >= 11 is 1.30. The number of aryl methyl sites for hydroxylation is 1. The number of nitrogens with zero attached hydrogens (tertiary/aromatic N) is 1. The summed E-state index contributed by atoms with van der Waals surface area (Å²) in [5, 5.41) is 18.4. The molecule has 0 bridgehead atoms. The number of hydrogen-bond donors (Lipinski definition) is 3. The standard InChI is InChI=1S/C19H21N3O5S/c1-10-13(14(22-27-10)11-7-5-4-6-8-11)16(24)20-12(9-23)17-21-15(18(25)26)19(2,3)28-17/h4-9,12,15,17,21H,1-3H3,(H,20,24)(H,25,26). The Morgan fingerprint density at radius 1 is 1.36 bits per heavy atom. The molecular weight excluding hydrogens is 382 g/mol. The van der Waals surface area contributed by atoms with E-state index in [0.29, 0.717) is 23.3 Å². The number of carboxylic acid groups (broad SMARTS) is 1. The molecule has 0 saturated carbocycles. The van der Waals surface area contributed by atoms with E-state index in [1.54, 1.807) is 32.9 Å². The first-order valence-electron chi connectivity index (χ1n) is 8.69. The highest BCUT2D eigenvalue weighted by Gasteiger charge is 2.47. The number of benzene rings is 1. The maximum Gasteiger partial charge on any atom is 0.322 e. The van der Waals surface area contributed by atoms with Crippen LogP contribution in [0.25, 0.3) is 11.3 Å². The van der Waals surface area contributed by atoms with E-state index in [1.165, 1.54) is 11.8 Å². The molecule has 1 aliphatic heterocycles. The van der Waals surface area contributed by atoms with E-state index in [2.05, 4.69) is 15.8 Å². The summed E-state index contributed by atoms with van der Waals surface area (Å²) in [6, 6.07) is 7.35. The Kier molecular flexibility index (Phi) is 5.57. The summed E-state index contributed by atoms with van der Waals surface area (Å²) < 4.78 is 4.56. The SMILES string of the molecule is Cc1onc(-c2ccccc2)c1C(=O)NC(C=O)C1NC(C(=O)O)C(C)(C)S1. The Labute approximate surface area is 166 Å². The molecule has 0 spiro atoms. The number of aromatic nitrogens is 1. The number of carboxylic acids is 1. The van der Waals surface area contributed by atoms with Crippen molar-refractivity contribution in [3.8, 4) is 11.3 Å². The lowest BCUT2D eigenvalue weighted by Crippen LogP contribution is -2.51. The van der Waals surface area contributed by atoms with Gasteiger partial charge in [0.05, 0.1) is 5.37 Å². The minimum atomic E-state index is -1.00. The second-order valence-electron chi connectivity index (χ2n) is 7.04. The summed E-state index contributed by atoms with van der Waals surface area (Å²) in [5.41, 5.74) is 1.35. The van der Waals surface area contributed by atoms with Crippen molar-refractivity contribution in [2.75, 3.05) is 0 Å². The third-order valence-corrected chi connectivity index (χ3v) is 6.14. The molecule has 1 amide bonds. The molecule has 1 aliphatic rings. The number of rotatable bonds is 6. The minimum Gasteiger partial charge on any atom is -0.480 e. The molecular formula is C19H21N3O5S. The van der Waals surface area contributed by atoms with Gasteiger partial charge in [-0.1, -0.05) is 35.5 Å². The van der Waals surface area contributed by atoms with Crippen molar-refractivity contribution >= 4 is 29.9 Å². The largest absolute Gasteiger partial charge is 0.480 e. The Hall–Kier alpha value is -2.65. The van der Waals surface area contributed by atoms with Crippen molar-refractivity contribution in [2.24, 2.45) is 0 Å². The normalized spacial score (nSPS) is 21.8. The molecule has 0 radical (unpaired) electrons. The lowest BCUT2D eigenvalue weighted by atomic mass is 10.0. The quantitative estimate of drug-likeness (QED) is 0.625. The highest BCUT2D eigenvalue weighted by molar-refractivity contribution is 8.01. The minimum absolute atomic E-state index is 0.245. The summed E-state index contributed by atoms with van der Waals surface area (Å²) in [7, 11) is 0. The molecule has 2 aromatic rings. The van der Waals surface area contributed by atoms with Gasteiger partial charge in [-0.25, -0.2) is 0 Å². The van der Waals surface area contributed by atoms with Crippen LogP contribution in [0.15, 0.2) is 34.9 Å². The number of carbonyl (C=O) groups is 3. The summed E-state index contributed by atoms with van der Waals surface area (Å²) in [4.78, 5) is 36.0. The second-order valence-corrected chi connectivity index (χ2v) is 8.84. The highest BCUT2D eigenvalue weighted by Crippen LogP contribution is 2.39. The van der Waals surface area contributed by atoms with Crippen LogP contribution in [-0.2, 0) is 9.59 Å². The third kappa shape index (κ3) is 3.81. The molecule has 3 rings (SSSR count). The van der Waals surface area contributed by atoms with Crippen LogP contribution in [-0.4, -0.2) is 50.6 Å². The van der Waals surface area contributed by atoms with Gasteiger partial charge in [0.25, 0.3) is 5.91 Å². The molecule has 28 heavy (non-hydrogen) atoms. The fourth-order valence-electron chi connectivity index (χ4n) is 3.18. The zero-order valence-corrected chi connectivity index (χ0v) is 16.4. The zero-order valence-electron chi connectivity index (χ0n) is 15.6. The summed E-state index contributed by atoms with van der Waals surface area (Å²) in [6.07, 6.45) is 0.605. The smallest absolute Gasteiger partial charge is 0.322 e. The Morgan fingerprint density at radius 2 is 2.04 bits per heavy atom. The number of aldehydes is 1. The van der Waals surface area contributed by atoms with Crippen LogP contribution in [0.2, 0.25) is 0 Å². The molecule has 0 aliphatic carbocycles. The van der Waals surface area contributed by atoms with Gasteiger partial charge < -0.3 is 19.7 Å². The van der Waals surface area contributed by atoms with Crippen LogP contribution in [0.5, 0.6) is 0 Å². The van der Waals surface area contributed by atoms with Gasteiger partial charge in [0.15, 0.2) is 0 Å². The van der Waals surface area contributed by atoms with Crippen LogP contribution < -0.4 is 10.6 Å². The molecule has 3 N–H and O–H groups in total. The van der Waals surface area contributed by atoms with Gasteiger partial charge in [0.2, 0.25) is 0 Å². The van der Waals surface area contributed by atoms with E-state index in [1.807, 2.05) is 18.2 Å². The molecule has 1 aromatic heterocycles. The molecule has 148 valence electrons. The van der Waals surface area contributed by atoms with Crippen molar-refractivity contribution in [1.29, 1.82) is 0 Å². The predicted molar refractivity (Wildman–Crippen MR) is 104 cm³/mol. The van der Waals surface area contributed by atoms with E-state index in [4.69, 9.17) is 4.52 Å². The number of thioether (sulfide) groups is 1. The molecule has 8 nitrogen and oxygen atoms in total. The second kappa shape index (κ2) is 7.76. The lowest BCUT2D eigenvalue weighted by Gasteiger charge is -2.21. The molecule has 1 saturated heterocycles. The monoisotopic (exact) mass is 403 g/mol. The van der Waals surface area contributed by atoms with Crippen molar-refractivity contribution in [3.63, 3.8) is 0 Å². The van der Waals surface area contributed by atoms with Crippen LogP contribution in [0.4, 0.5) is 0 Å². The van der Waals surface area contributed by atoms with Gasteiger partial charge in [0.1, 0.15) is 35.4 Å². The highest BCUT2D eigenvalue weighted by atomic mass is 32.2. The molecule has 3 atom stereocenters. The third-order valence-electron chi connectivity index (χ3n) is 4.61. The Balaban J connectivity index is 1.82. The first kappa shape index (κ1) is 20.1. The fourth-order valence-corrected chi connectivity index (χ4v) is 4.62. The molecule has 1 fully saturated rings. The van der Waals surface area contributed by atoms with Gasteiger partial charge in [-0.3, -0.25) is 14.9 Å². The van der Waals surface area contributed by atoms with Crippen LogP contribution in [0.3, 0.4) is 0 Å². The van der Waals surface area contributed by atoms with Gasteiger partial charge >= 0.3 is 5.97 Å². The first-order chi connectivity index (χ1) is 13.2. The van der Waals surface area contributed by atoms with Crippen LogP contribution >= 0.6 is 11.8 Å². The van der Waals surface area contributed by atoms with Gasteiger partial charge in [-0.15, -0.1) is 11.8 Å².